The fourth-order valence-corrected chi connectivity index (χ4v) is 6.83. The molecule has 8 nitrogen and oxygen atoms in total. The van der Waals surface area contributed by atoms with Crippen molar-refractivity contribution < 1.29 is 28.8 Å². The van der Waals surface area contributed by atoms with Gasteiger partial charge in [-0.05, 0) is 39.9 Å². The number of aliphatic hydroxyl groups is 1. The number of piperidine rings is 1. The summed E-state index contributed by atoms with van der Waals surface area (Å²) in [5.74, 6) is -0.498. The second-order valence-electron chi connectivity index (χ2n) is 12.6. The van der Waals surface area contributed by atoms with Gasteiger partial charge in [0.15, 0.2) is 12.1 Å². The van der Waals surface area contributed by atoms with Crippen LogP contribution in [0.1, 0.15) is 64.3 Å². The van der Waals surface area contributed by atoms with E-state index in [1.54, 1.807) is 0 Å². The highest BCUT2D eigenvalue weighted by Gasteiger charge is 2.41. The first-order chi connectivity index (χ1) is 23.1. The molecule has 7 rings (SSSR count). The molecular formula is C39H42N2O6. The molecule has 3 atom stereocenters. The Bertz CT molecular complexity index is 1610. The number of likely N-dealkylation sites (tertiary alicyclic amines) is 1. The van der Waals surface area contributed by atoms with E-state index in [1.165, 1.54) is 0 Å². The monoisotopic (exact) mass is 634 g/mol. The Kier molecular flexibility index (Phi) is 9.76. The molecule has 3 fully saturated rings. The van der Waals surface area contributed by atoms with Gasteiger partial charge in [0.25, 0.3) is 5.91 Å². The van der Waals surface area contributed by atoms with Crippen molar-refractivity contribution in [1.82, 2.24) is 10.2 Å². The van der Waals surface area contributed by atoms with E-state index >= 15 is 0 Å². The molecule has 1 spiro atoms. The Morgan fingerprint density at radius 2 is 1.49 bits per heavy atom. The molecule has 0 aliphatic carbocycles. The zero-order chi connectivity index (χ0) is 32.1. The van der Waals surface area contributed by atoms with E-state index in [1.807, 2.05) is 72.8 Å². The van der Waals surface area contributed by atoms with Crippen LogP contribution in [0.25, 0.3) is 11.1 Å². The molecule has 47 heavy (non-hydrogen) atoms. The third kappa shape index (κ3) is 7.49. The van der Waals surface area contributed by atoms with E-state index in [0.717, 1.165) is 72.3 Å². The van der Waals surface area contributed by atoms with Gasteiger partial charge >= 0.3 is 0 Å². The van der Waals surface area contributed by atoms with Gasteiger partial charge in [0.05, 0.1) is 32.0 Å². The Morgan fingerprint density at radius 3 is 2.21 bits per heavy atom. The predicted octanol–water partition coefficient (Wildman–Crippen LogP) is 6.16. The summed E-state index contributed by atoms with van der Waals surface area (Å²) in [4.78, 5) is 15.1. The van der Waals surface area contributed by atoms with Crippen LogP contribution in [0.3, 0.4) is 0 Å². The van der Waals surface area contributed by atoms with Crippen molar-refractivity contribution in [2.75, 3.05) is 32.8 Å². The van der Waals surface area contributed by atoms with E-state index in [2.05, 4.69) is 40.5 Å². The standard InChI is InChI=1S/C39H42N2O6/c42-27-28-10-12-30(13-11-28)36-24-34(26-41-20-18-39(19-21-41)44-22-23-45-39)46-38(47-36)32-16-14-29(15-17-32)35-9-5-4-8-33(35)25-40-37(43)31-6-2-1-3-7-31/h1-17,34,36,38,42H,18-27H2,(H,40,43)/t34-,36+,38+/m1/s1. The summed E-state index contributed by atoms with van der Waals surface area (Å²) in [5.41, 5.74) is 6.71. The van der Waals surface area contributed by atoms with Gasteiger partial charge in [-0.15, -0.1) is 0 Å². The van der Waals surface area contributed by atoms with Crippen LogP contribution in [-0.4, -0.2) is 60.7 Å². The van der Waals surface area contributed by atoms with E-state index in [-0.39, 0.29) is 24.7 Å². The third-order valence-electron chi connectivity index (χ3n) is 9.49. The average molecular weight is 635 g/mol. The van der Waals surface area contributed by atoms with Gasteiger partial charge in [0.2, 0.25) is 0 Å². The summed E-state index contributed by atoms with van der Waals surface area (Å²) in [7, 11) is 0. The van der Waals surface area contributed by atoms with Crippen LogP contribution in [0.5, 0.6) is 0 Å². The van der Waals surface area contributed by atoms with Gasteiger partial charge in [0.1, 0.15) is 0 Å². The molecule has 0 radical (unpaired) electrons. The minimum Gasteiger partial charge on any atom is -0.392 e. The predicted molar refractivity (Wildman–Crippen MR) is 178 cm³/mol. The molecule has 8 heteroatoms. The van der Waals surface area contributed by atoms with Crippen LogP contribution in [-0.2, 0) is 32.1 Å². The Labute approximate surface area is 276 Å². The molecule has 0 unspecified atom stereocenters. The highest BCUT2D eigenvalue weighted by molar-refractivity contribution is 5.94. The number of carbonyl (C=O) groups is 1. The van der Waals surface area contributed by atoms with E-state index in [0.29, 0.717) is 25.3 Å². The van der Waals surface area contributed by atoms with Gasteiger partial charge in [-0.2, -0.15) is 0 Å². The fourth-order valence-electron chi connectivity index (χ4n) is 6.83. The number of hydrogen-bond acceptors (Lipinski definition) is 7. The lowest BCUT2D eigenvalue weighted by Gasteiger charge is -2.41. The normalized spacial score (nSPS) is 22.7. The van der Waals surface area contributed by atoms with Crippen LogP contribution in [0.15, 0.2) is 103 Å². The number of aliphatic hydroxyl groups excluding tert-OH is 1. The number of nitrogens with one attached hydrogen (secondary N) is 1. The molecule has 3 saturated heterocycles. The second-order valence-corrected chi connectivity index (χ2v) is 12.6. The molecule has 0 aromatic heterocycles. The van der Waals surface area contributed by atoms with Gasteiger partial charge < -0.3 is 34.3 Å². The van der Waals surface area contributed by atoms with Crippen LogP contribution in [0.4, 0.5) is 0 Å². The quantitative estimate of drug-likeness (QED) is 0.228. The van der Waals surface area contributed by atoms with Gasteiger partial charge in [-0.3, -0.25) is 4.79 Å². The van der Waals surface area contributed by atoms with Crippen molar-refractivity contribution in [2.45, 2.75) is 56.7 Å². The molecule has 4 aromatic carbocycles. The first-order valence-corrected chi connectivity index (χ1v) is 16.6. The fraction of sp³-hybridized carbons (Fsp3) is 0.359. The number of ether oxygens (including phenoxy) is 4. The highest BCUT2D eigenvalue weighted by Crippen LogP contribution is 2.39. The maximum absolute atomic E-state index is 12.7. The minimum atomic E-state index is -0.525. The minimum absolute atomic E-state index is 0.0128. The Morgan fingerprint density at radius 1 is 0.809 bits per heavy atom. The van der Waals surface area contributed by atoms with Crippen LogP contribution >= 0.6 is 0 Å². The van der Waals surface area contributed by atoms with Crippen molar-refractivity contribution in [3.8, 4) is 11.1 Å². The van der Waals surface area contributed by atoms with Gasteiger partial charge in [-0.25, -0.2) is 0 Å². The SMILES string of the molecule is O=C(NCc1ccccc1-c1ccc([C@H]2O[C@@H](CN3CCC4(CC3)OCCO4)C[C@@H](c3ccc(CO)cc3)O2)cc1)c1ccccc1. The van der Waals surface area contributed by atoms with Gasteiger partial charge in [0, 0.05) is 56.6 Å². The molecular weight excluding hydrogens is 592 g/mol. The van der Waals surface area contributed by atoms with Gasteiger partial charge in [-0.1, -0.05) is 91.0 Å². The average Bonchev–Trinajstić information content (AvgIpc) is 3.60. The summed E-state index contributed by atoms with van der Waals surface area (Å²) >= 11 is 0. The molecule has 3 aliphatic rings. The number of nitrogens with zero attached hydrogens (tertiary/aromatic N) is 1. The van der Waals surface area contributed by atoms with Crippen LogP contribution in [0.2, 0.25) is 0 Å². The van der Waals surface area contributed by atoms with Crippen LogP contribution in [0, 0.1) is 0 Å². The smallest absolute Gasteiger partial charge is 0.251 e. The maximum Gasteiger partial charge on any atom is 0.251 e. The molecule has 0 saturated carbocycles. The van der Waals surface area contributed by atoms with Crippen molar-refractivity contribution in [3.63, 3.8) is 0 Å². The molecule has 3 aliphatic heterocycles. The largest absolute Gasteiger partial charge is 0.392 e. The Hall–Kier alpha value is -3.89. The van der Waals surface area contributed by atoms with Crippen molar-refractivity contribution >= 4 is 5.91 Å². The molecule has 244 valence electrons. The first-order valence-electron chi connectivity index (χ1n) is 16.6. The van der Waals surface area contributed by atoms with E-state index in [4.69, 9.17) is 18.9 Å². The summed E-state index contributed by atoms with van der Waals surface area (Å²) in [6.07, 6.45) is 1.78. The number of carbonyl (C=O) groups excluding carboxylic acids is 1. The number of hydrogen-bond donors (Lipinski definition) is 2. The lowest BCUT2D eigenvalue weighted by atomic mass is 9.97. The first kappa shape index (κ1) is 31.7. The van der Waals surface area contributed by atoms with E-state index < -0.39 is 12.1 Å². The maximum atomic E-state index is 12.7. The number of rotatable bonds is 9. The zero-order valence-corrected chi connectivity index (χ0v) is 26.6. The molecule has 4 aromatic rings. The molecule has 3 heterocycles. The summed E-state index contributed by atoms with van der Waals surface area (Å²) in [5, 5.41) is 12.6. The topological polar surface area (TPSA) is 89.5 Å². The molecule has 1 amide bonds. The van der Waals surface area contributed by atoms with Crippen molar-refractivity contribution in [2.24, 2.45) is 0 Å². The van der Waals surface area contributed by atoms with Crippen LogP contribution < -0.4 is 5.32 Å². The zero-order valence-electron chi connectivity index (χ0n) is 26.6. The highest BCUT2D eigenvalue weighted by atomic mass is 16.7. The van der Waals surface area contributed by atoms with Crippen molar-refractivity contribution in [1.29, 1.82) is 0 Å². The molecule has 0 bridgehead atoms. The van der Waals surface area contributed by atoms with Crippen molar-refractivity contribution in [3.05, 3.63) is 131 Å². The molecule has 2 N–H and O–H groups in total. The summed E-state index contributed by atoms with van der Waals surface area (Å²) in [6.45, 7) is 4.41. The lowest BCUT2D eigenvalue weighted by molar-refractivity contribution is -0.255. The summed E-state index contributed by atoms with van der Waals surface area (Å²) in [6, 6.07) is 33.8. The number of amides is 1. The van der Waals surface area contributed by atoms with E-state index in [9.17, 15) is 9.90 Å². The summed E-state index contributed by atoms with van der Waals surface area (Å²) < 4.78 is 25.2. The number of benzene rings is 4. The Balaban J connectivity index is 1.06. The lowest BCUT2D eigenvalue weighted by Crippen LogP contribution is -2.48. The third-order valence-corrected chi connectivity index (χ3v) is 9.49. The second kappa shape index (κ2) is 14.5.